The molecule has 0 fully saturated rings. The molecule has 0 spiro atoms. The Labute approximate surface area is 148 Å². The Morgan fingerprint density at radius 3 is 2.77 bits per heavy atom. The molecule has 126 valence electrons. The molecule has 1 N–H and O–H groups in total. The molecular formula is C19H14N6O. The van der Waals surface area contributed by atoms with Gasteiger partial charge in [-0.2, -0.15) is 0 Å². The number of fused-ring (bicyclic) bond motifs is 3. The first-order valence-electron chi connectivity index (χ1n) is 8.17. The van der Waals surface area contributed by atoms with Crippen LogP contribution in [0.15, 0.2) is 71.9 Å². The molecule has 5 rings (SSSR count). The minimum Gasteiger partial charge on any atom is -0.450 e. The Balaban J connectivity index is 1.51. The van der Waals surface area contributed by atoms with Gasteiger partial charge in [0.25, 0.3) is 0 Å². The number of hydrogen-bond acceptors (Lipinski definition) is 6. The number of aromatic nitrogens is 5. The summed E-state index contributed by atoms with van der Waals surface area (Å²) in [5, 5.41) is 12.0. The minimum absolute atomic E-state index is 0.646. The Morgan fingerprint density at radius 1 is 0.962 bits per heavy atom. The van der Waals surface area contributed by atoms with E-state index in [9.17, 15) is 0 Å². The first kappa shape index (κ1) is 14.6. The van der Waals surface area contributed by atoms with Gasteiger partial charge in [-0.1, -0.05) is 24.3 Å². The van der Waals surface area contributed by atoms with Crippen molar-refractivity contribution in [1.82, 2.24) is 24.7 Å². The summed E-state index contributed by atoms with van der Waals surface area (Å²) in [5.41, 5.74) is 4.31. The minimum atomic E-state index is 0.646. The summed E-state index contributed by atoms with van der Waals surface area (Å²) in [5.74, 6) is 0.646. The van der Waals surface area contributed by atoms with Gasteiger partial charge in [-0.3, -0.25) is 0 Å². The van der Waals surface area contributed by atoms with Gasteiger partial charge in [-0.25, -0.2) is 9.97 Å². The SMILES string of the molecule is c1cc(Cn2cnnc2)cc(Nc2ncnc3c2oc2ccccc23)c1. The van der Waals surface area contributed by atoms with Gasteiger partial charge in [-0.15, -0.1) is 10.2 Å². The van der Waals surface area contributed by atoms with Gasteiger partial charge in [0.2, 0.25) is 0 Å². The zero-order valence-corrected chi connectivity index (χ0v) is 13.7. The molecule has 7 heteroatoms. The van der Waals surface area contributed by atoms with Crippen LogP contribution >= 0.6 is 0 Å². The molecule has 5 aromatic rings. The third-order valence-electron chi connectivity index (χ3n) is 4.18. The van der Waals surface area contributed by atoms with E-state index in [1.165, 1.54) is 0 Å². The van der Waals surface area contributed by atoms with Crippen LogP contribution in [0.3, 0.4) is 0 Å². The largest absolute Gasteiger partial charge is 0.450 e. The van der Waals surface area contributed by atoms with Crippen LogP contribution in [0.25, 0.3) is 22.1 Å². The van der Waals surface area contributed by atoms with E-state index in [1.54, 1.807) is 19.0 Å². The lowest BCUT2D eigenvalue weighted by molar-refractivity contribution is 0.667. The van der Waals surface area contributed by atoms with Crippen molar-refractivity contribution in [3.8, 4) is 0 Å². The third-order valence-corrected chi connectivity index (χ3v) is 4.18. The molecule has 0 aliphatic rings. The fraction of sp³-hybridized carbons (Fsp3) is 0.0526. The van der Waals surface area contributed by atoms with Crippen molar-refractivity contribution in [3.63, 3.8) is 0 Å². The van der Waals surface area contributed by atoms with Gasteiger partial charge >= 0.3 is 0 Å². The van der Waals surface area contributed by atoms with Gasteiger partial charge < -0.3 is 14.3 Å². The number of rotatable bonds is 4. The first-order valence-corrected chi connectivity index (χ1v) is 8.17. The Morgan fingerprint density at radius 2 is 1.85 bits per heavy atom. The molecule has 0 bridgehead atoms. The monoisotopic (exact) mass is 342 g/mol. The van der Waals surface area contributed by atoms with Gasteiger partial charge in [0, 0.05) is 11.1 Å². The van der Waals surface area contributed by atoms with Gasteiger partial charge in [0.1, 0.15) is 30.1 Å². The molecule has 3 heterocycles. The Hall–Kier alpha value is -3.74. The highest BCUT2D eigenvalue weighted by Crippen LogP contribution is 2.31. The predicted molar refractivity (Wildman–Crippen MR) is 98.2 cm³/mol. The van der Waals surface area contributed by atoms with Crippen molar-refractivity contribution in [3.05, 3.63) is 73.1 Å². The second kappa shape index (κ2) is 5.96. The second-order valence-electron chi connectivity index (χ2n) is 5.96. The van der Waals surface area contributed by atoms with E-state index in [1.807, 2.05) is 41.0 Å². The predicted octanol–water partition coefficient (Wildman–Crippen LogP) is 3.76. The van der Waals surface area contributed by atoms with E-state index in [-0.39, 0.29) is 0 Å². The molecule has 2 aromatic carbocycles. The molecule has 0 aliphatic heterocycles. The lowest BCUT2D eigenvalue weighted by atomic mass is 10.2. The highest BCUT2D eigenvalue weighted by molar-refractivity contribution is 6.05. The number of hydrogen-bond donors (Lipinski definition) is 1. The summed E-state index contributed by atoms with van der Waals surface area (Å²) in [6.07, 6.45) is 4.94. The molecule has 0 saturated heterocycles. The van der Waals surface area contributed by atoms with Gasteiger partial charge in [0.15, 0.2) is 11.4 Å². The average Bonchev–Trinajstić information content (AvgIpc) is 3.30. The number of furan rings is 1. The molecule has 3 aromatic heterocycles. The Kier molecular flexibility index (Phi) is 3.35. The van der Waals surface area contributed by atoms with Crippen molar-refractivity contribution < 1.29 is 4.42 Å². The lowest BCUT2D eigenvalue weighted by Crippen LogP contribution is -1.99. The number of nitrogens with one attached hydrogen (secondary N) is 1. The molecule has 0 amide bonds. The molecule has 0 atom stereocenters. The van der Waals surface area contributed by atoms with Crippen molar-refractivity contribution in [1.29, 1.82) is 0 Å². The van der Waals surface area contributed by atoms with E-state index in [0.29, 0.717) is 17.9 Å². The maximum absolute atomic E-state index is 5.96. The normalized spacial score (nSPS) is 11.2. The standard InChI is InChI=1S/C19H14N6O/c1-2-7-16-15(6-1)17-18(26-16)19(21-10-20-17)24-14-5-3-4-13(8-14)9-25-11-22-23-12-25/h1-8,10-12H,9H2,(H,20,21,24). The molecule has 0 radical (unpaired) electrons. The first-order chi connectivity index (χ1) is 12.9. The van der Waals surface area contributed by atoms with E-state index in [0.717, 1.165) is 27.7 Å². The van der Waals surface area contributed by atoms with Gasteiger partial charge in [-0.05, 0) is 29.8 Å². The lowest BCUT2D eigenvalue weighted by Gasteiger charge is -2.08. The highest BCUT2D eigenvalue weighted by Gasteiger charge is 2.13. The van der Waals surface area contributed by atoms with Crippen molar-refractivity contribution in [2.24, 2.45) is 0 Å². The summed E-state index contributed by atoms with van der Waals surface area (Å²) >= 11 is 0. The third kappa shape index (κ3) is 2.55. The van der Waals surface area contributed by atoms with Crippen LogP contribution in [-0.2, 0) is 6.54 Å². The summed E-state index contributed by atoms with van der Waals surface area (Å²) in [6.45, 7) is 0.701. The van der Waals surface area contributed by atoms with Crippen LogP contribution in [0.4, 0.5) is 11.5 Å². The van der Waals surface area contributed by atoms with Crippen LogP contribution < -0.4 is 5.32 Å². The van der Waals surface area contributed by atoms with E-state index in [2.05, 4.69) is 37.6 Å². The quantitative estimate of drug-likeness (QED) is 0.535. The highest BCUT2D eigenvalue weighted by atomic mass is 16.3. The summed E-state index contributed by atoms with van der Waals surface area (Å²) in [4.78, 5) is 8.74. The molecule has 7 nitrogen and oxygen atoms in total. The molecule has 0 unspecified atom stereocenters. The van der Waals surface area contributed by atoms with Crippen molar-refractivity contribution in [2.45, 2.75) is 6.54 Å². The molecule has 26 heavy (non-hydrogen) atoms. The topological polar surface area (TPSA) is 81.7 Å². The molecule has 0 aliphatic carbocycles. The van der Waals surface area contributed by atoms with Crippen molar-refractivity contribution in [2.75, 3.05) is 5.32 Å². The molecular weight excluding hydrogens is 328 g/mol. The number of anilines is 2. The van der Waals surface area contributed by atoms with Crippen LogP contribution in [-0.4, -0.2) is 24.7 Å². The number of benzene rings is 2. The van der Waals surface area contributed by atoms with E-state index >= 15 is 0 Å². The van der Waals surface area contributed by atoms with Crippen molar-refractivity contribution >= 4 is 33.6 Å². The van der Waals surface area contributed by atoms with Gasteiger partial charge in [0.05, 0.1) is 6.54 Å². The molecule has 0 saturated carbocycles. The fourth-order valence-electron chi connectivity index (χ4n) is 3.01. The zero-order valence-electron chi connectivity index (χ0n) is 13.7. The summed E-state index contributed by atoms with van der Waals surface area (Å²) < 4.78 is 7.88. The smallest absolute Gasteiger partial charge is 0.196 e. The Bertz CT molecular complexity index is 1200. The second-order valence-corrected chi connectivity index (χ2v) is 5.96. The maximum Gasteiger partial charge on any atom is 0.196 e. The zero-order chi connectivity index (χ0) is 17.3. The summed E-state index contributed by atoms with van der Waals surface area (Å²) in [6, 6.07) is 16.0. The van der Waals surface area contributed by atoms with E-state index in [4.69, 9.17) is 4.42 Å². The fourth-order valence-corrected chi connectivity index (χ4v) is 3.01. The van der Waals surface area contributed by atoms with Crippen LogP contribution in [0, 0.1) is 0 Å². The van der Waals surface area contributed by atoms with Crippen LogP contribution in [0.2, 0.25) is 0 Å². The average molecular weight is 342 g/mol. The van der Waals surface area contributed by atoms with E-state index < -0.39 is 0 Å². The number of nitrogens with zero attached hydrogens (tertiary/aromatic N) is 5. The summed E-state index contributed by atoms with van der Waals surface area (Å²) in [7, 11) is 0. The van der Waals surface area contributed by atoms with Crippen LogP contribution in [0.5, 0.6) is 0 Å². The maximum atomic E-state index is 5.96. The number of para-hydroxylation sites is 1. The van der Waals surface area contributed by atoms with Crippen LogP contribution in [0.1, 0.15) is 5.56 Å².